The van der Waals surface area contributed by atoms with E-state index in [1.165, 1.54) is 4.68 Å². The summed E-state index contributed by atoms with van der Waals surface area (Å²) in [5, 5.41) is 24.4. The summed E-state index contributed by atoms with van der Waals surface area (Å²) in [6, 6.07) is 0. The molecule has 0 bridgehead atoms. The highest BCUT2D eigenvalue weighted by molar-refractivity contribution is 5.77. The monoisotopic (exact) mass is 255 g/mol. The minimum atomic E-state index is -1.05. The lowest BCUT2D eigenvalue weighted by Gasteiger charge is -2.10. The van der Waals surface area contributed by atoms with Crippen molar-refractivity contribution >= 4 is 11.7 Å². The maximum absolute atomic E-state index is 11.3. The van der Waals surface area contributed by atoms with Crippen LogP contribution in [0.15, 0.2) is 0 Å². The molecule has 1 rings (SSSR count). The van der Waals surface area contributed by atoms with E-state index in [1.807, 2.05) is 6.92 Å². The predicted molar refractivity (Wildman–Crippen MR) is 64.5 cm³/mol. The van der Waals surface area contributed by atoms with Crippen molar-refractivity contribution in [1.82, 2.24) is 9.78 Å². The third-order valence-electron chi connectivity index (χ3n) is 2.86. The van der Waals surface area contributed by atoms with E-state index in [4.69, 9.17) is 0 Å². The second-order valence-corrected chi connectivity index (χ2v) is 4.09. The van der Waals surface area contributed by atoms with Crippen molar-refractivity contribution in [3.05, 3.63) is 21.5 Å². The van der Waals surface area contributed by atoms with Crippen molar-refractivity contribution in [2.45, 2.75) is 39.0 Å². The summed E-state index contributed by atoms with van der Waals surface area (Å²) in [7, 11) is 1.55. The molecule has 7 nitrogen and oxygen atoms in total. The number of aromatic nitrogens is 2. The first-order valence-electron chi connectivity index (χ1n) is 5.86. The molecule has 0 aliphatic rings. The number of rotatable bonds is 6. The zero-order valence-corrected chi connectivity index (χ0v) is 10.7. The van der Waals surface area contributed by atoms with E-state index in [0.717, 1.165) is 0 Å². The van der Waals surface area contributed by atoms with E-state index in [-0.39, 0.29) is 11.4 Å². The quantitative estimate of drug-likeness (QED) is 0.618. The van der Waals surface area contributed by atoms with Gasteiger partial charge < -0.3 is 5.11 Å². The first kappa shape index (κ1) is 14.1. The minimum absolute atomic E-state index is 0.152. The molecule has 1 heterocycles. The van der Waals surface area contributed by atoms with Gasteiger partial charge in [0.1, 0.15) is 17.3 Å². The van der Waals surface area contributed by atoms with Gasteiger partial charge in [0.25, 0.3) is 0 Å². The fraction of sp³-hybridized carbons (Fsp3) is 0.636. The number of nitrogens with zero attached hydrogens (tertiary/aromatic N) is 3. The molecule has 1 aromatic rings. The molecule has 7 heteroatoms. The first-order chi connectivity index (χ1) is 8.43. The average Bonchev–Trinajstić information content (AvgIpc) is 2.62. The van der Waals surface area contributed by atoms with Crippen LogP contribution in [0.3, 0.4) is 0 Å². The molecular formula is C11H17N3O4. The van der Waals surface area contributed by atoms with Gasteiger partial charge in [0.2, 0.25) is 0 Å². The summed E-state index contributed by atoms with van der Waals surface area (Å²) < 4.78 is 1.32. The Bertz CT molecular complexity index is 467. The van der Waals surface area contributed by atoms with Gasteiger partial charge in [-0.3, -0.25) is 19.6 Å². The van der Waals surface area contributed by atoms with Crippen LogP contribution in [0.4, 0.5) is 5.69 Å². The van der Waals surface area contributed by atoms with Gasteiger partial charge in [0, 0.05) is 7.05 Å². The standard InChI is InChI=1S/C11H17N3O4/c1-4-6-7(11(15)16)9-10(14(17)18)8(5-2)12-13(9)3/h7H,4-6H2,1-3H3,(H,15,16). The molecule has 1 atom stereocenters. The lowest BCUT2D eigenvalue weighted by Crippen LogP contribution is -2.16. The molecule has 0 amide bonds. The SMILES string of the molecule is CCCC(C(=O)O)c1c([N+](=O)[O-])c(CC)nn1C. The number of aryl methyl sites for hydroxylation is 2. The lowest BCUT2D eigenvalue weighted by molar-refractivity contribution is -0.386. The number of carboxylic acid groups (broad SMARTS) is 1. The number of aliphatic carboxylic acids is 1. The van der Waals surface area contributed by atoms with Gasteiger partial charge in [0.05, 0.1) is 4.92 Å². The van der Waals surface area contributed by atoms with E-state index in [0.29, 0.717) is 25.0 Å². The molecule has 1 N–H and O–H groups in total. The topological polar surface area (TPSA) is 98.3 Å². The van der Waals surface area contributed by atoms with Gasteiger partial charge in [0.15, 0.2) is 0 Å². The molecule has 0 aliphatic heterocycles. The molecule has 0 radical (unpaired) electrons. The van der Waals surface area contributed by atoms with E-state index >= 15 is 0 Å². The molecule has 0 spiro atoms. The number of hydrogen-bond acceptors (Lipinski definition) is 4. The van der Waals surface area contributed by atoms with Crippen molar-refractivity contribution < 1.29 is 14.8 Å². The third kappa shape index (κ3) is 2.49. The Morgan fingerprint density at radius 2 is 2.17 bits per heavy atom. The molecule has 18 heavy (non-hydrogen) atoms. The minimum Gasteiger partial charge on any atom is -0.481 e. The fourth-order valence-corrected chi connectivity index (χ4v) is 2.08. The van der Waals surface area contributed by atoms with Crippen molar-refractivity contribution in [3.63, 3.8) is 0 Å². The molecule has 100 valence electrons. The van der Waals surface area contributed by atoms with E-state index < -0.39 is 16.8 Å². The van der Waals surface area contributed by atoms with Crippen LogP contribution in [0.1, 0.15) is 44.0 Å². The Labute approximate surface area is 105 Å². The van der Waals surface area contributed by atoms with Crippen LogP contribution in [0.2, 0.25) is 0 Å². The van der Waals surface area contributed by atoms with Gasteiger partial charge in [-0.1, -0.05) is 20.3 Å². The van der Waals surface area contributed by atoms with Gasteiger partial charge in [-0.2, -0.15) is 5.10 Å². The van der Waals surface area contributed by atoms with Crippen LogP contribution < -0.4 is 0 Å². The number of carbonyl (C=O) groups is 1. The Hall–Kier alpha value is -1.92. The smallest absolute Gasteiger partial charge is 0.314 e. The van der Waals surface area contributed by atoms with Crippen LogP contribution >= 0.6 is 0 Å². The van der Waals surface area contributed by atoms with Crippen molar-refractivity contribution in [2.75, 3.05) is 0 Å². The maximum atomic E-state index is 11.3. The zero-order chi connectivity index (χ0) is 13.9. The van der Waals surface area contributed by atoms with Crippen molar-refractivity contribution in [2.24, 2.45) is 7.05 Å². The Balaban J connectivity index is 3.40. The number of hydrogen-bond donors (Lipinski definition) is 1. The van der Waals surface area contributed by atoms with E-state index in [9.17, 15) is 20.0 Å². The number of nitro groups is 1. The second-order valence-electron chi connectivity index (χ2n) is 4.09. The van der Waals surface area contributed by atoms with Crippen molar-refractivity contribution in [1.29, 1.82) is 0 Å². The van der Waals surface area contributed by atoms with Crippen LogP contribution in [-0.2, 0) is 18.3 Å². The summed E-state index contributed by atoms with van der Waals surface area (Å²) >= 11 is 0. The fourth-order valence-electron chi connectivity index (χ4n) is 2.08. The molecule has 1 aromatic heterocycles. The maximum Gasteiger partial charge on any atom is 0.314 e. The predicted octanol–water partition coefficient (Wildman–Crippen LogP) is 1.86. The van der Waals surface area contributed by atoms with Gasteiger partial charge in [-0.25, -0.2) is 0 Å². The van der Waals surface area contributed by atoms with Crippen LogP contribution in [0.25, 0.3) is 0 Å². The molecular weight excluding hydrogens is 238 g/mol. The average molecular weight is 255 g/mol. The normalized spacial score (nSPS) is 12.4. The lowest BCUT2D eigenvalue weighted by atomic mass is 9.98. The highest BCUT2D eigenvalue weighted by atomic mass is 16.6. The summed E-state index contributed by atoms with van der Waals surface area (Å²) in [5.41, 5.74) is 0.368. The molecule has 0 aromatic carbocycles. The molecule has 1 unspecified atom stereocenters. The second kappa shape index (κ2) is 5.61. The first-order valence-corrected chi connectivity index (χ1v) is 5.86. The molecule has 0 saturated heterocycles. The zero-order valence-electron chi connectivity index (χ0n) is 10.7. The van der Waals surface area contributed by atoms with Crippen molar-refractivity contribution in [3.8, 4) is 0 Å². The Morgan fingerprint density at radius 3 is 2.56 bits per heavy atom. The third-order valence-corrected chi connectivity index (χ3v) is 2.86. The van der Waals surface area contributed by atoms with Gasteiger partial charge in [-0.15, -0.1) is 0 Å². The summed E-state index contributed by atoms with van der Waals surface area (Å²) in [4.78, 5) is 21.8. The molecule has 0 aliphatic carbocycles. The van der Waals surface area contributed by atoms with Crippen LogP contribution in [0, 0.1) is 10.1 Å². The molecule has 0 saturated carbocycles. The summed E-state index contributed by atoms with van der Waals surface area (Å²) in [6.45, 7) is 3.60. The summed E-state index contributed by atoms with van der Waals surface area (Å²) in [5.74, 6) is -1.93. The van der Waals surface area contributed by atoms with E-state index in [2.05, 4.69) is 5.10 Å². The Morgan fingerprint density at radius 1 is 1.56 bits per heavy atom. The number of carboxylic acids is 1. The highest BCUT2D eigenvalue weighted by Gasteiger charge is 2.34. The largest absolute Gasteiger partial charge is 0.481 e. The highest BCUT2D eigenvalue weighted by Crippen LogP contribution is 2.32. The Kier molecular flexibility index (Phi) is 4.41. The van der Waals surface area contributed by atoms with Crippen LogP contribution in [-0.4, -0.2) is 25.8 Å². The van der Waals surface area contributed by atoms with Crippen LogP contribution in [0.5, 0.6) is 0 Å². The van der Waals surface area contributed by atoms with Gasteiger partial charge in [-0.05, 0) is 12.8 Å². The van der Waals surface area contributed by atoms with Gasteiger partial charge >= 0.3 is 11.7 Å². The van der Waals surface area contributed by atoms with E-state index in [1.54, 1.807) is 14.0 Å². The molecule has 0 fully saturated rings. The summed E-state index contributed by atoms with van der Waals surface area (Å²) in [6.07, 6.45) is 1.40.